The van der Waals surface area contributed by atoms with Crippen LogP contribution in [0.2, 0.25) is 0 Å². The van der Waals surface area contributed by atoms with Crippen LogP contribution in [0, 0.1) is 11.7 Å². The van der Waals surface area contributed by atoms with Gasteiger partial charge in [-0.3, -0.25) is 4.79 Å². The number of amides is 1. The van der Waals surface area contributed by atoms with Crippen molar-refractivity contribution in [3.8, 4) is 0 Å². The van der Waals surface area contributed by atoms with E-state index in [2.05, 4.69) is 5.32 Å². The van der Waals surface area contributed by atoms with Gasteiger partial charge in [0, 0.05) is 19.6 Å². The van der Waals surface area contributed by atoms with Crippen LogP contribution in [-0.2, 0) is 16.0 Å². The quantitative estimate of drug-likeness (QED) is 0.868. The van der Waals surface area contributed by atoms with E-state index in [4.69, 9.17) is 4.74 Å². The summed E-state index contributed by atoms with van der Waals surface area (Å²) in [6, 6.07) is 6.57. The minimum Gasteiger partial charge on any atom is -0.390 e. The van der Waals surface area contributed by atoms with E-state index in [1.807, 2.05) is 0 Å². The molecule has 0 aromatic heterocycles. The number of carbonyl (C=O) groups is 1. The number of rotatable bonds is 5. The first-order chi connectivity index (χ1) is 10.1. The molecule has 3 atom stereocenters. The van der Waals surface area contributed by atoms with E-state index in [1.54, 1.807) is 25.3 Å². The largest absolute Gasteiger partial charge is 0.390 e. The molecule has 0 heterocycles. The summed E-state index contributed by atoms with van der Waals surface area (Å²) in [5.74, 6) is -0.425. The van der Waals surface area contributed by atoms with Crippen LogP contribution >= 0.6 is 0 Å². The summed E-state index contributed by atoms with van der Waals surface area (Å²) >= 11 is 0. The highest BCUT2D eigenvalue weighted by Gasteiger charge is 2.32. The van der Waals surface area contributed by atoms with Crippen molar-refractivity contribution in [2.75, 3.05) is 13.7 Å². The Morgan fingerprint density at radius 1 is 1.43 bits per heavy atom. The lowest BCUT2D eigenvalue weighted by atomic mass is 9.84. The lowest BCUT2D eigenvalue weighted by Crippen LogP contribution is -2.41. The van der Waals surface area contributed by atoms with Gasteiger partial charge in [-0.1, -0.05) is 18.2 Å². The van der Waals surface area contributed by atoms with Crippen LogP contribution in [0.3, 0.4) is 0 Å². The highest BCUT2D eigenvalue weighted by Crippen LogP contribution is 2.26. The van der Waals surface area contributed by atoms with E-state index in [-0.39, 0.29) is 23.7 Å². The number of hydrogen-bond donors (Lipinski definition) is 2. The van der Waals surface area contributed by atoms with Crippen LogP contribution in [0.5, 0.6) is 0 Å². The first-order valence-corrected chi connectivity index (χ1v) is 7.33. The van der Waals surface area contributed by atoms with Crippen LogP contribution in [0.15, 0.2) is 24.3 Å². The number of aliphatic hydroxyl groups excluding tert-OH is 1. The zero-order valence-corrected chi connectivity index (χ0v) is 12.2. The molecule has 1 aliphatic carbocycles. The van der Waals surface area contributed by atoms with Crippen molar-refractivity contribution in [3.05, 3.63) is 35.6 Å². The average Bonchev–Trinajstić information content (AvgIpc) is 2.49. The Morgan fingerprint density at radius 3 is 2.90 bits per heavy atom. The fourth-order valence-corrected chi connectivity index (χ4v) is 2.77. The molecule has 0 saturated heterocycles. The van der Waals surface area contributed by atoms with Gasteiger partial charge < -0.3 is 15.2 Å². The molecule has 4 nitrogen and oxygen atoms in total. The number of ether oxygens (including phenoxy) is 1. The zero-order chi connectivity index (χ0) is 15.2. The molecule has 1 amide bonds. The summed E-state index contributed by atoms with van der Waals surface area (Å²) in [6.07, 6.45) is 1.47. The molecule has 1 aromatic carbocycles. The predicted octanol–water partition coefficient (Wildman–Crippen LogP) is 1.66. The van der Waals surface area contributed by atoms with Crippen LogP contribution in [0.1, 0.15) is 24.8 Å². The number of halogens is 1. The third-order valence-electron chi connectivity index (χ3n) is 4.08. The first-order valence-electron chi connectivity index (χ1n) is 7.33. The SMILES string of the molecule is CO[C@@H]1C[C@H](C(=O)NCCc2ccccc2F)CC[C@@H]1O. The molecule has 0 radical (unpaired) electrons. The molecule has 1 aromatic rings. The fourth-order valence-electron chi connectivity index (χ4n) is 2.77. The Hall–Kier alpha value is -1.46. The van der Waals surface area contributed by atoms with E-state index in [1.165, 1.54) is 6.07 Å². The molecule has 0 bridgehead atoms. The monoisotopic (exact) mass is 295 g/mol. The smallest absolute Gasteiger partial charge is 0.223 e. The number of benzene rings is 1. The Balaban J connectivity index is 1.78. The molecule has 0 unspecified atom stereocenters. The highest BCUT2D eigenvalue weighted by atomic mass is 19.1. The Morgan fingerprint density at radius 2 is 2.19 bits per heavy atom. The minimum absolute atomic E-state index is 0.0414. The van der Waals surface area contributed by atoms with E-state index in [0.29, 0.717) is 37.8 Å². The lowest BCUT2D eigenvalue weighted by Gasteiger charge is -2.31. The first kappa shape index (κ1) is 15.9. The normalized spacial score (nSPS) is 25.6. The summed E-state index contributed by atoms with van der Waals surface area (Å²) in [4.78, 5) is 12.1. The fraction of sp³-hybridized carbons (Fsp3) is 0.562. The maximum absolute atomic E-state index is 13.5. The van der Waals surface area contributed by atoms with Crippen molar-refractivity contribution in [1.82, 2.24) is 5.32 Å². The molecule has 1 saturated carbocycles. The highest BCUT2D eigenvalue weighted by molar-refractivity contribution is 5.78. The van der Waals surface area contributed by atoms with Crippen LogP contribution in [0.4, 0.5) is 4.39 Å². The van der Waals surface area contributed by atoms with Gasteiger partial charge in [0.25, 0.3) is 0 Å². The third kappa shape index (κ3) is 4.25. The Bertz CT molecular complexity index is 480. The van der Waals surface area contributed by atoms with Gasteiger partial charge in [0.05, 0.1) is 12.2 Å². The van der Waals surface area contributed by atoms with Crippen molar-refractivity contribution in [3.63, 3.8) is 0 Å². The summed E-state index contributed by atoms with van der Waals surface area (Å²) in [7, 11) is 1.55. The van der Waals surface area contributed by atoms with Gasteiger partial charge in [-0.05, 0) is 37.3 Å². The van der Waals surface area contributed by atoms with E-state index in [0.717, 1.165) is 0 Å². The molecule has 2 N–H and O–H groups in total. The zero-order valence-electron chi connectivity index (χ0n) is 12.2. The topological polar surface area (TPSA) is 58.6 Å². The number of hydrogen-bond acceptors (Lipinski definition) is 3. The van der Waals surface area contributed by atoms with Crippen LogP contribution < -0.4 is 5.32 Å². The second kappa shape index (κ2) is 7.52. The van der Waals surface area contributed by atoms with Gasteiger partial charge in [0.1, 0.15) is 5.82 Å². The van der Waals surface area contributed by atoms with Crippen molar-refractivity contribution in [1.29, 1.82) is 0 Å². The van der Waals surface area contributed by atoms with E-state index < -0.39 is 6.10 Å². The molecule has 5 heteroatoms. The van der Waals surface area contributed by atoms with E-state index in [9.17, 15) is 14.3 Å². The molecule has 1 fully saturated rings. The number of nitrogens with one attached hydrogen (secondary N) is 1. The number of aliphatic hydroxyl groups is 1. The molecule has 0 aliphatic heterocycles. The third-order valence-corrected chi connectivity index (χ3v) is 4.08. The summed E-state index contributed by atoms with van der Waals surface area (Å²) in [6.45, 7) is 0.413. The van der Waals surface area contributed by atoms with Crippen molar-refractivity contribution >= 4 is 5.91 Å². The molecule has 1 aliphatic rings. The predicted molar refractivity (Wildman–Crippen MR) is 77.3 cm³/mol. The second-order valence-electron chi connectivity index (χ2n) is 5.48. The van der Waals surface area contributed by atoms with Crippen molar-refractivity contribution < 1.29 is 19.0 Å². The van der Waals surface area contributed by atoms with E-state index >= 15 is 0 Å². The van der Waals surface area contributed by atoms with Crippen molar-refractivity contribution in [2.45, 2.75) is 37.9 Å². The van der Waals surface area contributed by atoms with Gasteiger partial charge in [-0.15, -0.1) is 0 Å². The Kier molecular flexibility index (Phi) is 5.70. The van der Waals surface area contributed by atoms with Crippen LogP contribution in [-0.4, -0.2) is 36.9 Å². The second-order valence-corrected chi connectivity index (χ2v) is 5.48. The Labute approximate surface area is 124 Å². The average molecular weight is 295 g/mol. The molecule has 0 spiro atoms. The molecule has 116 valence electrons. The molecule has 2 rings (SSSR count). The number of carbonyl (C=O) groups excluding carboxylic acids is 1. The summed E-state index contributed by atoms with van der Waals surface area (Å²) in [5, 5.41) is 12.6. The van der Waals surface area contributed by atoms with Gasteiger partial charge in [-0.2, -0.15) is 0 Å². The standard InChI is InChI=1S/C16H22FNO3/c1-21-15-10-12(6-7-14(15)19)16(20)18-9-8-11-4-2-3-5-13(11)17/h2-5,12,14-15,19H,6-10H2,1H3,(H,18,20)/t12-,14+,15-/m1/s1. The maximum atomic E-state index is 13.5. The van der Waals surface area contributed by atoms with Gasteiger partial charge in [0.15, 0.2) is 0 Å². The molecular weight excluding hydrogens is 273 g/mol. The lowest BCUT2D eigenvalue weighted by molar-refractivity contribution is -0.130. The van der Waals surface area contributed by atoms with Crippen LogP contribution in [0.25, 0.3) is 0 Å². The molecule has 21 heavy (non-hydrogen) atoms. The summed E-state index contributed by atoms with van der Waals surface area (Å²) in [5.41, 5.74) is 0.603. The number of methoxy groups -OCH3 is 1. The maximum Gasteiger partial charge on any atom is 0.223 e. The van der Waals surface area contributed by atoms with Gasteiger partial charge in [0.2, 0.25) is 5.91 Å². The van der Waals surface area contributed by atoms with Crippen molar-refractivity contribution in [2.24, 2.45) is 5.92 Å². The van der Waals surface area contributed by atoms with Gasteiger partial charge in [-0.25, -0.2) is 4.39 Å². The minimum atomic E-state index is -0.488. The molecular formula is C16H22FNO3. The summed E-state index contributed by atoms with van der Waals surface area (Å²) < 4.78 is 18.6. The van der Waals surface area contributed by atoms with Gasteiger partial charge >= 0.3 is 0 Å².